The van der Waals surface area contributed by atoms with Crippen LogP contribution in [0, 0.1) is 5.92 Å². The number of hydrogen-bond donors (Lipinski definition) is 2. The van der Waals surface area contributed by atoms with Gasteiger partial charge in [0.2, 0.25) is 0 Å². The van der Waals surface area contributed by atoms with E-state index < -0.39 is 0 Å². The molecule has 3 rings (SSSR count). The van der Waals surface area contributed by atoms with Crippen molar-refractivity contribution >= 4 is 16.5 Å². The van der Waals surface area contributed by atoms with Crippen LogP contribution in [0.5, 0.6) is 0 Å². The van der Waals surface area contributed by atoms with Crippen molar-refractivity contribution in [2.45, 2.75) is 19.0 Å². The van der Waals surface area contributed by atoms with E-state index in [2.05, 4.69) is 34.5 Å². The van der Waals surface area contributed by atoms with Crippen LogP contribution in [-0.2, 0) is 6.54 Å². The van der Waals surface area contributed by atoms with Crippen LogP contribution in [0.1, 0.15) is 11.3 Å². The maximum atomic E-state index is 9.23. The summed E-state index contributed by atoms with van der Waals surface area (Å²) in [7, 11) is 4.05. The fourth-order valence-corrected chi connectivity index (χ4v) is 3.71. The smallest absolute Gasteiger partial charge is 0.185 e. The Balaban J connectivity index is 1.77. The second kappa shape index (κ2) is 7.25. The van der Waals surface area contributed by atoms with Crippen molar-refractivity contribution in [2.24, 2.45) is 5.92 Å². The van der Waals surface area contributed by atoms with Crippen LogP contribution in [-0.4, -0.2) is 36.8 Å². The monoisotopic (exact) mass is 329 g/mol. The molecule has 122 valence electrons. The van der Waals surface area contributed by atoms with Gasteiger partial charge in [0, 0.05) is 49.6 Å². The highest BCUT2D eigenvalue weighted by Crippen LogP contribution is 2.32. The largest absolute Gasteiger partial charge is 0.396 e. The first kappa shape index (κ1) is 16.2. The van der Waals surface area contributed by atoms with E-state index in [1.54, 1.807) is 11.3 Å². The van der Waals surface area contributed by atoms with Crippen LogP contribution in [0.4, 0.5) is 5.13 Å². The lowest BCUT2D eigenvalue weighted by Gasteiger charge is -2.12. The van der Waals surface area contributed by atoms with Crippen molar-refractivity contribution in [3.8, 4) is 11.3 Å². The summed E-state index contributed by atoms with van der Waals surface area (Å²) in [5.74, 6) is 0.292. The summed E-state index contributed by atoms with van der Waals surface area (Å²) >= 11 is 1.73. The first-order valence-corrected chi connectivity index (χ1v) is 8.74. The molecule has 0 saturated carbocycles. The second-order valence-corrected chi connectivity index (χ2v) is 7.14. The molecule has 1 aromatic carbocycles. The Morgan fingerprint density at radius 1 is 1.26 bits per heavy atom. The highest BCUT2D eigenvalue weighted by atomic mass is 32.1. The Morgan fingerprint density at radius 3 is 2.70 bits per heavy atom. The molecule has 0 amide bonds. The molecule has 5 heteroatoms. The van der Waals surface area contributed by atoms with Crippen LogP contribution in [0.25, 0.3) is 11.3 Å². The third-order valence-corrected chi connectivity index (χ3v) is 5.27. The Labute approximate surface area is 141 Å². The van der Waals surface area contributed by atoms with E-state index in [-0.39, 0.29) is 6.61 Å². The molecular weight excluding hydrogens is 306 g/mol. The Kier molecular flexibility index (Phi) is 5.10. The van der Waals surface area contributed by atoms with Crippen molar-refractivity contribution < 1.29 is 5.11 Å². The molecule has 1 heterocycles. The average molecular weight is 329 g/mol. The molecule has 0 aliphatic heterocycles. The maximum absolute atomic E-state index is 9.23. The number of benzene rings is 1. The van der Waals surface area contributed by atoms with E-state index in [9.17, 15) is 5.11 Å². The lowest BCUT2D eigenvalue weighted by molar-refractivity contribution is 0.246. The number of aliphatic hydroxyl groups is 1. The topological polar surface area (TPSA) is 48.4 Å². The number of hydrogen-bond acceptors (Lipinski definition) is 5. The number of aromatic nitrogens is 1. The number of thiazole rings is 1. The zero-order valence-corrected chi connectivity index (χ0v) is 14.4. The van der Waals surface area contributed by atoms with Gasteiger partial charge in [0.15, 0.2) is 5.13 Å². The summed E-state index contributed by atoms with van der Waals surface area (Å²) in [5.41, 5.74) is 2.22. The Morgan fingerprint density at radius 2 is 2.04 bits per heavy atom. The van der Waals surface area contributed by atoms with Crippen LogP contribution >= 0.6 is 11.3 Å². The number of anilines is 1. The normalized spacial score (nSPS) is 20.1. The summed E-state index contributed by atoms with van der Waals surface area (Å²) in [6, 6.07) is 10.7. The molecule has 0 radical (unpaired) electrons. The summed E-state index contributed by atoms with van der Waals surface area (Å²) in [5, 5.41) is 13.8. The van der Waals surface area contributed by atoms with Gasteiger partial charge < -0.3 is 15.3 Å². The van der Waals surface area contributed by atoms with Crippen molar-refractivity contribution in [2.75, 3.05) is 25.6 Å². The number of nitrogens with zero attached hydrogens (tertiary/aromatic N) is 2. The van der Waals surface area contributed by atoms with E-state index >= 15 is 0 Å². The molecule has 2 aromatic rings. The van der Waals surface area contributed by atoms with Crippen LogP contribution in [0.3, 0.4) is 0 Å². The summed E-state index contributed by atoms with van der Waals surface area (Å²) < 4.78 is 0. The van der Waals surface area contributed by atoms with Gasteiger partial charge in [-0.15, -0.1) is 0 Å². The first-order chi connectivity index (χ1) is 11.2. The van der Waals surface area contributed by atoms with Crippen LogP contribution in [0.15, 0.2) is 42.5 Å². The van der Waals surface area contributed by atoms with Crippen LogP contribution in [0.2, 0.25) is 0 Å². The SMILES string of the molecule is CN(C)c1nc(-c2ccccc2)c(CN[C@@H]2C=C[C@H](CO)C2)s1. The average Bonchev–Trinajstić information content (AvgIpc) is 3.20. The Hall–Kier alpha value is -1.69. The second-order valence-electron chi connectivity index (χ2n) is 6.08. The molecule has 1 aromatic heterocycles. The lowest BCUT2D eigenvalue weighted by atomic mass is 10.1. The quantitative estimate of drug-likeness (QED) is 0.800. The lowest BCUT2D eigenvalue weighted by Crippen LogP contribution is -2.25. The summed E-state index contributed by atoms with van der Waals surface area (Å²) in [6.07, 6.45) is 5.24. The van der Waals surface area contributed by atoms with E-state index in [1.165, 1.54) is 4.88 Å². The third kappa shape index (κ3) is 3.80. The molecule has 0 fully saturated rings. The van der Waals surface area contributed by atoms with E-state index in [0.29, 0.717) is 12.0 Å². The van der Waals surface area contributed by atoms with Gasteiger partial charge in [-0.05, 0) is 6.42 Å². The molecule has 2 atom stereocenters. The van der Waals surface area contributed by atoms with Gasteiger partial charge in [-0.1, -0.05) is 53.8 Å². The van der Waals surface area contributed by atoms with E-state index in [4.69, 9.17) is 4.98 Å². The molecule has 0 saturated heterocycles. The van der Waals surface area contributed by atoms with Crippen molar-refractivity contribution in [1.29, 1.82) is 0 Å². The zero-order chi connectivity index (χ0) is 16.2. The summed E-state index contributed by atoms with van der Waals surface area (Å²) in [6.45, 7) is 1.03. The highest BCUT2D eigenvalue weighted by Gasteiger charge is 2.19. The van der Waals surface area contributed by atoms with Crippen LogP contribution < -0.4 is 10.2 Å². The zero-order valence-electron chi connectivity index (χ0n) is 13.6. The number of aliphatic hydroxyl groups excluding tert-OH is 1. The van der Waals surface area contributed by atoms with E-state index in [0.717, 1.165) is 29.4 Å². The minimum absolute atomic E-state index is 0.231. The third-order valence-electron chi connectivity index (χ3n) is 4.05. The molecular formula is C18H23N3OS. The summed E-state index contributed by atoms with van der Waals surface area (Å²) in [4.78, 5) is 8.11. The van der Waals surface area contributed by atoms with Gasteiger partial charge in [-0.25, -0.2) is 4.98 Å². The van der Waals surface area contributed by atoms with Gasteiger partial charge >= 0.3 is 0 Å². The Bertz CT molecular complexity index is 666. The first-order valence-electron chi connectivity index (χ1n) is 7.92. The van der Waals surface area contributed by atoms with Crippen molar-refractivity contribution in [3.63, 3.8) is 0 Å². The number of nitrogens with one attached hydrogen (secondary N) is 1. The molecule has 2 N–H and O–H groups in total. The molecule has 0 spiro atoms. The molecule has 0 unspecified atom stereocenters. The predicted octanol–water partition coefficient (Wildman–Crippen LogP) is 2.90. The van der Waals surface area contributed by atoms with Crippen molar-refractivity contribution in [1.82, 2.24) is 10.3 Å². The highest BCUT2D eigenvalue weighted by molar-refractivity contribution is 7.16. The molecule has 23 heavy (non-hydrogen) atoms. The minimum Gasteiger partial charge on any atom is -0.396 e. The molecule has 1 aliphatic rings. The fraction of sp³-hybridized carbons (Fsp3) is 0.389. The molecule has 0 bridgehead atoms. The van der Waals surface area contributed by atoms with Gasteiger partial charge in [-0.3, -0.25) is 0 Å². The van der Waals surface area contributed by atoms with Gasteiger partial charge in [0.1, 0.15) is 0 Å². The molecule has 4 nitrogen and oxygen atoms in total. The minimum atomic E-state index is 0.231. The van der Waals surface area contributed by atoms with Gasteiger partial charge in [0.25, 0.3) is 0 Å². The molecule has 1 aliphatic carbocycles. The standard InChI is InChI=1S/C18H23N3OS/c1-21(2)18-20-17(14-6-4-3-5-7-14)16(23-18)11-19-15-9-8-13(10-15)12-22/h3-9,13,15,19,22H,10-12H2,1-2H3/t13-,15+/m0/s1. The van der Waals surface area contributed by atoms with Gasteiger partial charge in [0.05, 0.1) is 5.69 Å². The fourth-order valence-electron chi connectivity index (χ4n) is 2.76. The number of rotatable bonds is 6. The van der Waals surface area contributed by atoms with E-state index in [1.807, 2.05) is 32.3 Å². The predicted molar refractivity (Wildman–Crippen MR) is 96.8 cm³/mol. The van der Waals surface area contributed by atoms with Gasteiger partial charge in [-0.2, -0.15) is 0 Å². The van der Waals surface area contributed by atoms with Crippen molar-refractivity contribution in [3.05, 3.63) is 47.4 Å². The maximum Gasteiger partial charge on any atom is 0.185 e.